The van der Waals surface area contributed by atoms with Crippen LogP contribution in [0.15, 0.2) is 42.9 Å². The monoisotopic (exact) mass is 531 g/mol. The molecule has 0 saturated carbocycles. The van der Waals surface area contributed by atoms with Gasteiger partial charge in [-0.3, -0.25) is 24.0 Å². The lowest BCUT2D eigenvalue weighted by Crippen LogP contribution is -2.58. The summed E-state index contributed by atoms with van der Waals surface area (Å²) in [6.07, 6.45) is 1.29. The number of amides is 4. The van der Waals surface area contributed by atoms with Crippen LogP contribution in [0.2, 0.25) is 0 Å². The summed E-state index contributed by atoms with van der Waals surface area (Å²) in [7, 11) is 0. The predicted octanol–water partition coefficient (Wildman–Crippen LogP) is -2.59. The van der Waals surface area contributed by atoms with Gasteiger partial charge < -0.3 is 42.6 Å². The number of nitrogens with zero attached hydrogens (tertiary/aromatic N) is 1. The van der Waals surface area contributed by atoms with Crippen LogP contribution in [0.4, 0.5) is 0 Å². The number of carboxylic acid groups (broad SMARTS) is 2. The highest BCUT2D eigenvalue weighted by molar-refractivity contribution is 5.96. The average Bonchev–Trinajstić information content (AvgIpc) is 3.35. The Morgan fingerprint density at radius 1 is 0.842 bits per heavy atom. The van der Waals surface area contributed by atoms with Crippen LogP contribution in [0, 0.1) is 0 Å². The number of hydrogen-bond donors (Lipinski definition) is 8. The highest BCUT2D eigenvalue weighted by Gasteiger charge is 2.32. The average molecular weight is 532 g/mol. The minimum absolute atomic E-state index is 0.0317. The van der Waals surface area contributed by atoms with Gasteiger partial charge in [-0.1, -0.05) is 30.3 Å². The summed E-state index contributed by atoms with van der Waals surface area (Å²) in [6, 6.07) is 2.74. The number of carbonyl (C=O) groups is 6. The fourth-order valence-electron chi connectivity index (χ4n) is 3.39. The Morgan fingerprint density at radius 2 is 1.45 bits per heavy atom. The van der Waals surface area contributed by atoms with Gasteiger partial charge in [0.15, 0.2) is 0 Å². The molecular formula is C23H29N7O8. The molecule has 4 atom stereocenters. The van der Waals surface area contributed by atoms with E-state index < -0.39 is 72.6 Å². The molecule has 1 heterocycles. The maximum absolute atomic E-state index is 13.2. The first-order valence-corrected chi connectivity index (χ1v) is 11.4. The maximum atomic E-state index is 13.2. The van der Waals surface area contributed by atoms with Crippen molar-refractivity contribution in [3.05, 3.63) is 54.1 Å². The Labute approximate surface area is 216 Å². The fourth-order valence-corrected chi connectivity index (χ4v) is 3.39. The van der Waals surface area contributed by atoms with E-state index in [2.05, 4.69) is 20.6 Å². The molecule has 4 amide bonds. The lowest BCUT2D eigenvalue weighted by molar-refractivity contribution is -0.144. The molecule has 0 aliphatic carbocycles. The topological polar surface area (TPSA) is 260 Å². The number of H-pyrrole nitrogens is 1. The van der Waals surface area contributed by atoms with Crippen molar-refractivity contribution in [2.45, 2.75) is 49.9 Å². The third-order valence-corrected chi connectivity index (χ3v) is 5.28. The van der Waals surface area contributed by atoms with Crippen LogP contribution in [-0.4, -0.2) is 79.9 Å². The van der Waals surface area contributed by atoms with Gasteiger partial charge in [-0.2, -0.15) is 0 Å². The molecule has 10 N–H and O–H groups in total. The van der Waals surface area contributed by atoms with Crippen LogP contribution >= 0.6 is 0 Å². The van der Waals surface area contributed by atoms with E-state index in [0.29, 0.717) is 11.3 Å². The Kier molecular flexibility index (Phi) is 10.9. The van der Waals surface area contributed by atoms with Gasteiger partial charge in [0.1, 0.15) is 18.1 Å². The second-order valence-corrected chi connectivity index (χ2v) is 8.37. The molecule has 15 heteroatoms. The number of nitrogens with two attached hydrogens (primary N) is 2. The van der Waals surface area contributed by atoms with E-state index in [4.69, 9.17) is 11.5 Å². The Hall–Kier alpha value is -4.79. The standard InChI is InChI=1S/C23H29N7O8/c24-14(7-13-10-26-11-27-13)20(34)28-15(6-12-4-2-1-3-5-12)21(35)29-16(9-19(32)33)22(36)30-17(23(37)38)8-18(25)31/h1-5,10-11,14-17H,6-9,24H2,(H2,25,31)(H,26,27)(H,28,34)(H,29,35)(H,30,36)(H,32,33)(H,37,38). The van der Waals surface area contributed by atoms with Crippen LogP contribution < -0.4 is 27.4 Å². The first-order valence-electron chi connectivity index (χ1n) is 11.4. The van der Waals surface area contributed by atoms with E-state index in [-0.39, 0.29) is 12.8 Å². The number of benzene rings is 1. The number of hydrogen-bond acceptors (Lipinski definition) is 8. The van der Waals surface area contributed by atoms with Crippen molar-refractivity contribution in [2.75, 3.05) is 0 Å². The van der Waals surface area contributed by atoms with Crippen molar-refractivity contribution in [3.63, 3.8) is 0 Å². The van der Waals surface area contributed by atoms with Gasteiger partial charge in [0.25, 0.3) is 0 Å². The normalized spacial score (nSPS) is 13.8. The summed E-state index contributed by atoms with van der Waals surface area (Å²) in [6.45, 7) is 0. The zero-order chi connectivity index (χ0) is 28.2. The number of aromatic nitrogens is 2. The number of nitrogens with one attached hydrogen (secondary N) is 4. The van der Waals surface area contributed by atoms with Crippen molar-refractivity contribution in [1.29, 1.82) is 0 Å². The van der Waals surface area contributed by atoms with Crippen LogP contribution in [0.5, 0.6) is 0 Å². The van der Waals surface area contributed by atoms with Gasteiger partial charge in [0.05, 0.1) is 25.2 Å². The third-order valence-electron chi connectivity index (χ3n) is 5.28. The number of imidazole rings is 1. The minimum Gasteiger partial charge on any atom is -0.481 e. The highest BCUT2D eigenvalue weighted by Crippen LogP contribution is 2.07. The van der Waals surface area contributed by atoms with Crippen LogP contribution in [0.25, 0.3) is 0 Å². The Morgan fingerprint density at radius 3 is 2.00 bits per heavy atom. The van der Waals surface area contributed by atoms with E-state index in [1.165, 1.54) is 12.5 Å². The molecule has 0 radical (unpaired) electrons. The van der Waals surface area contributed by atoms with E-state index in [9.17, 15) is 39.0 Å². The Balaban J connectivity index is 2.21. The third kappa shape index (κ3) is 9.69. The minimum atomic E-state index is -1.74. The molecule has 2 aromatic rings. The van der Waals surface area contributed by atoms with Crippen molar-refractivity contribution in [2.24, 2.45) is 11.5 Å². The molecule has 0 bridgehead atoms. The number of aliphatic carboxylic acids is 2. The summed E-state index contributed by atoms with van der Waals surface area (Å²) in [4.78, 5) is 79.1. The second-order valence-electron chi connectivity index (χ2n) is 8.37. The SMILES string of the molecule is NC(=O)CC(NC(=O)C(CC(=O)O)NC(=O)C(Cc1ccccc1)NC(=O)C(N)Cc1cnc[nH]1)C(=O)O. The van der Waals surface area contributed by atoms with Gasteiger partial charge >= 0.3 is 11.9 Å². The summed E-state index contributed by atoms with van der Waals surface area (Å²) in [5, 5.41) is 25.2. The molecule has 0 spiro atoms. The lowest BCUT2D eigenvalue weighted by atomic mass is 10.0. The molecular weight excluding hydrogens is 502 g/mol. The zero-order valence-electron chi connectivity index (χ0n) is 20.1. The number of primary amides is 1. The highest BCUT2D eigenvalue weighted by atomic mass is 16.4. The molecule has 0 aliphatic rings. The van der Waals surface area contributed by atoms with Gasteiger partial charge in [0.2, 0.25) is 23.6 Å². The van der Waals surface area contributed by atoms with Crippen molar-refractivity contribution < 1.29 is 39.0 Å². The van der Waals surface area contributed by atoms with E-state index >= 15 is 0 Å². The molecule has 1 aromatic heterocycles. The number of rotatable bonds is 15. The largest absolute Gasteiger partial charge is 0.481 e. The summed E-state index contributed by atoms with van der Waals surface area (Å²) in [5.41, 5.74) is 12.2. The smallest absolute Gasteiger partial charge is 0.326 e. The molecule has 1 aromatic carbocycles. The molecule has 4 unspecified atom stereocenters. The van der Waals surface area contributed by atoms with E-state index in [0.717, 1.165) is 0 Å². The van der Waals surface area contributed by atoms with Crippen LogP contribution in [-0.2, 0) is 41.6 Å². The van der Waals surface area contributed by atoms with Gasteiger partial charge in [0, 0.05) is 24.7 Å². The predicted molar refractivity (Wildman–Crippen MR) is 130 cm³/mol. The molecule has 2 rings (SSSR count). The first kappa shape index (κ1) is 29.4. The van der Waals surface area contributed by atoms with Crippen molar-refractivity contribution >= 4 is 35.6 Å². The van der Waals surface area contributed by atoms with Crippen LogP contribution in [0.1, 0.15) is 24.1 Å². The number of carbonyl (C=O) groups excluding carboxylic acids is 4. The molecule has 0 aliphatic heterocycles. The van der Waals surface area contributed by atoms with E-state index in [1.54, 1.807) is 30.3 Å². The number of aromatic amines is 1. The first-order chi connectivity index (χ1) is 18.0. The maximum Gasteiger partial charge on any atom is 0.326 e. The van der Waals surface area contributed by atoms with Gasteiger partial charge in [-0.25, -0.2) is 9.78 Å². The quantitative estimate of drug-likeness (QED) is 0.119. The van der Waals surface area contributed by atoms with E-state index in [1.807, 2.05) is 5.32 Å². The van der Waals surface area contributed by atoms with Crippen molar-refractivity contribution in [3.8, 4) is 0 Å². The summed E-state index contributed by atoms with van der Waals surface area (Å²) < 4.78 is 0. The molecule has 0 saturated heterocycles. The van der Waals surface area contributed by atoms with Gasteiger partial charge in [-0.05, 0) is 5.56 Å². The summed E-state index contributed by atoms with van der Waals surface area (Å²) in [5.74, 6) is -6.86. The fraction of sp³-hybridized carbons (Fsp3) is 0.348. The number of carboxylic acids is 2. The Bertz CT molecular complexity index is 1140. The van der Waals surface area contributed by atoms with Crippen molar-refractivity contribution in [1.82, 2.24) is 25.9 Å². The molecule has 15 nitrogen and oxygen atoms in total. The zero-order valence-corrected chi connectivity index (χ0v) is 20.1. The molecule has 38 heavy (non-hydrogen) atoms. The van der Waals surface area contributed by atoms with Gasteiger partial charge in [-0.15, -0.1) is 0 Å². The summed E-state index contributed by atoms with van der Waals surface area (Å²) >= 11 is 0. The molecule has 204 valence electrons. The lowest BCUT2D eigenvalue weighted by Gasteiger charge is -2.24. The molecule has 0 fully saturated rings. The second kappa shape index (κ2) is 14.1. The van der Waals surface area contributed by atoms with Crippen LogP contribution in [0.3, 0.4) is 0 Å².